The lowest BCUT2D eigenvalue weighted by Gasteiger charge is -2.12. The van der Waals surface area contributed by atoms with Crippen LogP contribution in [0.4, 0.5) is 0 Å². The van der Waals surface area contributed by atoms with Crippen LogP contribution in [-0.2, 0) is 4.79 Å². The molecule has 0 rings (SSSR count). The van der Waals surface area contributed by atoms with E-state index in [1.54, 1.807) is 0 Å². The first kappa shape index (κ1) is 23.8. The summed E-state index contributed by atoms with van der Waals surface area (Å²) in [5, 5.41) is 0. The van der Waals surface area contributed by atoms with Crippen LogP contribution in [-0.4, -0.2) is 25.0 Å². The molecule has 0 saturated heterocycles. The zero-order valence-corrected chi connectivity index (χ0v) is 18.0. The molecule has 0 aromatic carbocycles. The van der Waals surface area contributed by atoms with Crippen molar-refractivity contribution >= 4 is 12.8 Å². The smallest absolute Gasteiger partial charge is 0.253 e. The molecule has 0 aliphatic carbocycles. The average Bonchev–Trinajstić information content (AvgIpc) is 2.58. The Morgan fingerprint density at radius 3 is 1.67 bits per heavy atom. The Kier molecular flexibility index (Phi) is 16.2. The van der Waals surface area contributed by atoms with Crippen molar-refractivity contribution < 1.29 is 4.79 Å². The summed E-state index contributed by atoms with van der Waals surface area (Å²) in [5.41, 5.74) is 0.558. The highest BCUT2D eigenvalue weighted by Crippen LogP contribution is 2.52. The fraction of sp³-hybridized carbons (Fsp3) is 0.864. The van der Waals surface area contributed by atoms with Crippen LogP contribution >= 0.6 is 7.26 Å². The van der Waals surface area contributed by atoms with Crippen molar-refractivity contribution in [2.24, 2.45) is 0 Å². The van der Waals surface area contributed by atoms with Gasteiger partial charge in [-0.25, -0.2) is 0 Å². The molecule has 0 unspecified atom stereocenters. The summed E-state index contributed by atoms with van der Waals surface area (Å²) in [6.07, 6.45) is 23.8. The van der Waals surface area contributed by atoms with Crippen molar-refractivity contribution in [3.63, 3.8) is 0 Å². The lowest BCUT2D eigenvalue weighted by Crippen LogP contribution is -2.06. The maximum absolute atomic E-state index is 12.1. The number of rotatable bonds is 17. The predicted molar refractivity (Wildman–Crippen MR) is 114 cm³/mol. The second kappa shape index (κ2) is 16.3. The Balaban J connectivity index is 3.30. The van der Waals surface area contributed by atoms with Gasteiger partial charge in [-0.2, -0.15) is 0 Å². The number of carbonyl (C=O) groups is 1. The van der Waals surface area contributed by atoms with E-state index in [1.165, 1.54) is 77.0 Å². The largest absolute Gasteiger partial charge is 0.267 e. The van der Waals surface area contributed by atoms with Crippen LogP contribution in [0.2, 0.25) is 0 Å². The second-order valence-electron chi connectivity index (χ2n) is 7.73. The SMILES string of the molecule is CCCCCCCC/C=C\CCCCCCCC(=O)[P+](C)(C)CC. The van der Waals surface area contributed by atoms with Gasteiger partial charge in [0.05, 0.1) is 26.8 Å². The Bertz CT molecular complexity index is 320. The minimum atomic E-state index is -1.25. The van der Waals surface area contributed by atoms with E-state index < -0.39 is 7.26 Å². The second-order valence-corrected chi connectivity index (χ2v) is 12.2. The molecule has 0 bridgehead atoms. The molecule has 0 saturated carbocycles. The number of hydrogen-bond donors (Lipinski definition) is 0. The molecule has 0 aliphatic rings. The molecular weight excluding hydrogens is 311 g/mol. The summed E-state index contributed by atoms with van der Waals surface area (Å²) in [4.78, 5) is 12.1. The summed E-state index contributed by atoms with van der Waals surface area (Å²) in [7, 11) is -1.25. The first-order valence-corrected chi connectivity index (χ1v) is 13.4. The third-order valence-corrected chi connectivity index (χ3v) is 8.27. The van der Waals surface area contributed by atoms with Gasteiger partial charge in [0, 0.05) is 6.42 Å². The van der Waals surface area contributed by atoms with Crippen LogP contribution in [0, 0.1) is 0 Å². The summed E-state index contributed by atoms with van der Waals surface area (Å²) < 4.78 is 0. The van der Waals surface area contributed by atoms with Gasteiger partial charge in [-0.1, -0.05) is 70.4 Å². The fourth-order valence-electron chi connectivity index (χ4n) is 2.83. The molecule has 0 radical (unpaired) electrons. The molecule has 0 aromatic heterocycles. The van der Waals surface area contributed by atoms with E-state index in [4.69, 9.17) is 0 Å². The third kappa shape index (κ3) is 14.2. The quantitative estimate of drug-likeness (QED) is 0.147. The van der Waals surface area contributed by atoms with Gasteiger partial charge in [0.25, 0.3) is 5.52 Å². The predicted octanol–water partition coefficient (Wildman–Crippen LogP) is 7.85. The lowest BCUT2D eigenvalue weighted by molar-refractivity contribution is -0.111. The van der Waals surface area contributed by atoms with Crippen molar-refractivity contribution in [2.45, 2.75) is 104 Å². The zero-order valence-electron chi connectivity index (χ0n) is 17.1. The van der Waals surface area contributed by atoms with Crippen molar-refractivity contribution in [1.82, 2.24) is 0 Å². The topological polar surface area (TPSA) is 17.1 Å². The number of hydrogen-bond acceptors (Lipinski definition) is 1. The zero-order chi connectivity index (χ0) is 18.1. The Morgan fingerprint density at radius 1 is 0.708 bits per heavy atom. The maximum atomic E-state index is 12.1. The number of unbranched alkanes of at least 4 members (excludes halogenated alkanes) is 11. The summed E-state index contributed by atoms with van der Waals surface area (Å²) in [6, 6.07) is 0. The van der Waals surface area contributed by atoms with E-state index in [2.05, 4.69) is 39.3 Å². The first-order valence-electron chi connectivity index (χ1n) is 10.6. The molecule has 0 atom stereocenters. The summed E-state index contributed by atoms with van der Waals surface area (Å²) in [5.74, 6) is 0. The van der Waals surface area contributed by atoms with E-state index in [1.807, 2.05) is 0 Å². The van der Waals surface area contributed by atoms with Crippen molar-refractivity contribution in [2.75, 3.05) is 19.5 Å². The van der Waals surface area contributed by atoms with Gasteiger partial charge in [0.1, 0.15) is 0 Å². The highest BCUT2D eigenvalue weighted by atomic mass is 31.2. The van der Waals surface area contributed by atoms with Gasteiger partial charge in [0.15, 0.2) is 0 Å². The highest BCUT2D eigenvalue weighted by Gasteiger charge is 2.31. The van der Waals surface area contributed by atoms with Crippen LogP contribution in [0.5, 0.6) is 0 Å². The summed E-state index contributed by atoms with van der Waals surface area (Å²) in [6.45, 7) is 8.81. The van der Waals surface area contributed by atoms with E-state index in [9.17, 15) is 4.79 Å². The minimum Gasteiger partial charge on any atom is -0.253 e. The van der Waals surface area contributed by atoms with Gasteiger partial charge >= 0.3 is 0 Å². The van der Waals surface area contributed by atoms with Crippen LogP contribution in [0.25, 0.3) is 0 Å². The molecule has 0 spiro atoms. The van der Waals surface area contributed by atoms with Crippen LogP contribution in [0.3, 0.4) is 0 Å². The maximum Gasteiger partial charge on any atom is 0.267 e. The van der Waals surface area contributed by atoms with Gasteiger partial charge < -0.3 is 0 Å². The number of carbonyl (C=O) groups excluding carboxylic acids is 1. The molecule has 142 valence electrons. The molecule has 24 heavy (non-hydrogen) atoms. The van der Waals surface area contributed by atoms with Crippen LogP contribution < -0.4 is 0 Å². The molecule has 0 fully saturated rings. The molecule has 0 amide bonds. The fourth-order valence-corrected chi connectivity index (χ4v) is 3.94. The summed E-state index contributed by atoms with van der Waals surface area (Å²) >= 11 is 0. The molecular formula is C22H44OP+. The molecule has 1 nitrogen and oxygen atoms in total. The Hall–Kier alpha value is -0.160. The van der Waals surface area contributed by atoms with Crippen LogP contribution in [0.15, 0.2) is 12.2 Å². The standard InChI is InChI=1S/C22H44OP/c1-5-7-8-9-10-11-12-13-14-15-16-17-18-19-20-21-22(23)24(3,4)6-2/h13-14H,5-12,15-21H2,1-4H3/q+1/b14-13-. The molecule has 0 aliphatic heterocycles. The van der Waals surface area contributed by atoms with Gasteiger partial charge in [-0.15, -0.1) is 0 Å². The molecule has 0 N–H and O–H groups in total. The number of allylic oxidation sites excluding steroid dienone is 2. The monoisotopic (exact) mass is 355 g/mol. The van der Waals surface area contributed by atoms with Gasteiger partial charge in [0.2, 0.25) is 0 Å². The van der Waals surface area contributed by atoms with E-state index in [-0.39, 0.29) is 0 Å². The first-order chi connectivity index (χ1) is 11.5. The normalized spacial score (nSPS) is 12.2. The van der Waals surface area contributed by atoms with Gasteiger partial charge in [-0.05, 0) is 39.0 Å². The molecule has 0 aromatic rings. The van der Waals surface area contributed by atoms with Crippen LogP contribution in [0.1, 0.15) is 104 Å². The lowest BCUT2D eigenvalue weighted by atomic mass is 10.1. The van der Waals surface area contributed by atoms with E-state index in [0.717, 1.165) is 19.0 Å². The van der Waals surface area contributed by atoms with E-state index >= 15 is 0 Å². The Morgan fingerprint density at radius 2 is 1.17 bits per heavy atom. The molecule has 2 heteroatoms. The van der Waals surface area contributed by atoms with E-state index in [0.29, 0.717) is 5.52 Å². The van der Waals surface area contributed by atoms with Gasteiger partial charge in [-0.3, -0.25) is 4.79 Å². The average molecular weight is 356 g/mol. The minimum absolute atomic E-state index is 0.558. The van der Waals surface area contributed by atoms with Crippen molar-refractivity contribution in [1.29, 1.82) is 0 Å². The van der Waals surface area contributed by atoms with Crippen molar-refractivity contribution in [3.8, 4) is 0 Å². The third-order valence-electron chi connectivity index (χ3n) is 5.12. The highest BCUT2D eigenvalue weighted by molar-refractivity contribution is 7.89. The Labute approximate surface area is 153 Å². The molecule has 0 heterocycles. The van der Waals surface area contributed by atoms with Crippen molar-refractivity contribution in [3.05, 3.63) is 12.2 Å².